The van der Waals surface area contributed by atoms with Crippen molar-refractivity contribution in [2.75, 3.05) is 11.9 Å². The number of benzene rings is 1. The molecule has 0 saturated carbocycles. The largest absolute Gasteiger partial charge is 0.417 e. The number of alkyl halides is 3. The van der Waals surface area contributed by atoms with Crippen molar-refractivity contribution in [1.29, 1.82) is 0 Å². The van der Waals surface area contributed by atoms with E-state index in [1.165, 1.54) is 5.56 Å². The van der Waals surface area contributed by atoms with Gasteiger partial charge in [0.1, 0.15) is 5.69 Å². The lowest BCUT2D eigenvalue weighted by Crippen LogP contribution is -2.37. The van der Waals surface area contributed by atoms with Crippen LogP contribution in [0.25, 0.3) is 0 Å². The minimum atomic E-state index is -4.60. The summed E-state index contributed by atoms with van der Waals surface area (Å²) in [6, 6.07) is 7.72. The molecule has 3 rings (SSSR count). The Morgan fingerprint density at radius 2 is 2.04 bits per heavy atom. The van der Waals surface area contributed by atoms with Gasteiger partial charge in [0.05, 0.1) is 5.56 Å². The van der Waals surface area contributed by atoms with Crippen molar-refractivity contribution in [3.05, 3.63) is 63.6 Å². The van der Waals surface area contributed by atoms with Crippen LogP contribution in [0.1, 0.15) is 22.6 Å². The van der Waals surface area contributed by atoms with Crippen LogP contribution in [0.3, 0.4) is 0 Å². The molecular formula is C16H14F3N3O2. The lowest BCUT2D eigenvalue weighted by Gasteiger charge is -2.30. The quantitative estimate of drug-likeness (QED) is 0.806. The first kappa shape index (κ1) is 16.1. The molecule has 0 aliphatic heterocycles. The van der Waals surface area contributed by atoms with E-state index >= 15 is 0 Å². The van der Waals surface area contributed by atoms with E-state index < -0.39 is 29.0 Å². The van der Waals surface area contributed by atoms with E-state index in [9.17, 15) is 22.8 Å². The Balaban J connectivity index is 1.61. The first-order chi connectivity index (χ1) is 11.3. The SMILES string of the molecule is O=C(NCC1Cc2ccccc21)Nc1cc(C(F)(F)F)c[nH]c1=O. The molecule has 1 heterocycles. The van der Waals surface area contributed by atoms with Gasteiger partial charge in [-0.3, -0.25) is 4.79 Å². The number of hydrogen-bond donors (Lipinski definition) is 3. The van der Waals surface area contributed by atoms with Gasteiger partial charge in [0.2, 0.25) is 0 Å². The number of carbonyl (C=O) groups is 1. The second kappa shape index (κ2) is 6.03. The predicted molar refractivity (Wildman–Crippen MR) is 82.0 cm³/mol. The van der Waals surface area contributed by atoms with Gasteiger partial charge in [-0.1, -0.05) is 24.3 Å². The number of anilines is 1. The van der Waals surface area contributed by atoms with Crippen LogP contribution in [0, 0.1) is 0 Å². The molecule has 2 amide bonds. The molecule has 126 valence electrons. The number of urea groups is 1. The van der Waals surface area contributed by atoms with Gasteiger partial charge in [-0.25, -0.2) is 4.79 Å². The Morgan fingerprint density at radius 1 is 1.29 bits per heavy atom. The summed E-state index contributed by atoms with van der Waals surface area (Å²) in [6.07, 6.45) is -3.20. The maximum atomic E-state index is 12.6. The second-order valence-corrected chi connectivity index (χ2v) is 5.56. The number of aromatic amines is 1. The maximum absolute atomic E-state index is 12.6. The minimum absolute atomic E-state index is 0.173. The molecule has 24 heavy (non-hydrogen) atoms. The highest BCUT2D eigenvalue weighted by atomic mass is 19.4. The van der Waals surface area contributed by atoms with Gasteiger partial charge in [0.25, 0.3) is 5.56 Å². The fraction of sp³-hybridized carbons (Fsp3) is 0.250. The van der Waals surface area contributed by atoms with E-state index in [4.69, 9.17) is 0 Å². The van der Waals surface area contributed by atoms with Crippen molar-refractivity contribution >= 4 is 11.7 Å². The molecule has 0 radical (unpaired) electrons. The average Bonchev–Trinajstić information content (AvgIpc) is 2.49. The Morgan fingerprint density at radius 3 is 2.75 bits per heavy atom. The molecule has 1 aromatic heterocycles. The van der Waals surface area contributed by atoms with E-state index in [1.54, 1.807) is 0 Å². The average molecular weight is 337 g/mol. The van der Waals surface area contributed by atoms with Crippen molar-refractivity contribution in [3.8, 4) is 0 Å². The zero-order chi connectivity index (χ0) is 17.3. The van der Waals surface area contributed by atoms with Crippen molar-refractivity contribution in [1.82, 2.24) is 10.3 Å². The number of amides is 2. The standard InChI is InChI=1S/C16H14F3N3O2/c17-16(18,19)11-6-13(14(23)20-8-11)22-15(24)21-7-10-5-9-3-1-2-4-12(9)10/h1-4,6,8,10H,5,7H2,(H,20,23)(H2,21,22,24). The van der Waals surface area contributed by atoms with Crippen LogP contribution in [0.5, 0.6) is 0 Å². The fourth-order valence-electron chi connectivity index (χ4n) is 2.67. The molecular weight excluding hydrogens is 323 g/mol. The van der Waals surface area contributed by atoms with E-state index in [0.29, 0.717) is 18.8 Å². The molecule has 0 fully saturated rings. The number of rotatable bonds is 3. The summed E-state index contributed by atoms with van der Waals surface area (Å²) in [7, 11) is 0. The van der Waals surface area contributed by atoms with Crippen LogP contribution in [-0.2, 0) is 12.6 Å². The monoisotopic (exact) mass is 337 g/mol. The van der Waals surface area contributed by atoms with Gasteiger partial charge in [0, 0.05) is 18.7 Å². The molecule has 5 nitrogen and oxygen atoms in total. The molecule has 3 N–H and O–H groups in total. The number of fused-ring (bicyclic) bond motifs is 1. The van der Waals surface area contributed by atoms with E-state index in [0.717, 1.165) is 12.0 Å². The first-order valence-corrected chi connectivity index (χ1v) is 7.27. The summed E-state index contributed by atoms with van der Waals surface area (Å²) in [4.78, 5) is 25.3. The van der Waals surface area contributed by atoms with Crippen LogP contribution in [0.15, 0.2) is 41.3 Å². The summed E-state index contributed by atoms with van der Waals surface area (Å²) in [5, 5.41) is 4.73. The molecule has 1 aliphatic carbocycles. The molecule has 1 atom stereocenters. The second-order valence-electron chi connectivity index (χ2n) is 5.56. The van der Waals surface area contributed by atoms with Gasteiger partial charge >= 0.3 is 12.2 Å². The van der Waals surface area contributed by atoms with Crippen molar-refractivity contribution in [2.45, 2.75) is 18.5 Å². The predicted octanol–water partition coefficient (Wildman–Crippen LogP) is 2.86. The lowest BCUT2D eigenvalue weighted by atomic mass is 9.78. The van der Waals surface area contributed by atoms with Crippen LogP contribution in [0.4, 0.5) is 23.7 Å². The van der Waals surface area contributed by atoms with Crippen molar-refractivity contribution < 1.29 is 18.0 Å². The first-order valence-electron chi connectivity index (χ1n) is 7.27. The minimum Gasteiger partial charge on any atom is -0.337 e. The van der Waals surface area contributed by atoms with Crippen LogP contribution >= 0.6 is 0 Å². The van der Waals surface area contributed by atoms with Crippen molar-refractivity contribution in [2.24, 2.45) is 0 Å². The van der Waals surface area contributed by atoms with Gasteiger partial charge < -0.3 is 15.6 Å². The number of hydrogen-bond acceptors (Lipinski definition) is 2. The molecule has 1 unspecified atom stereocenters. The summed E-state index contributed by atoms with van der Waals surface area (Å²) in [6.45, 7) is 0.347. The number of pyridine rings is 1. The van der Waals surface area contributed by atoms with Crippen LogP contribution in [-0.4, -0.2) is 17.6 Å². The Kier molecular flexibility index (Phi) is 4.04. The Labute approximate surface area is 134 Å². The Hall–Kier alpha value is -2.77. The van der Waals surface area contributed by atoms with Crippen LogP contribution < -0.4 is 16.2 Å². The summed E-state index contributed by atoms with van der Waals surface area (Å²) >= 11 is 0. The fourth-order valence-corrected chi connectivity index (χ4v) is 2.67. The third-order valence-corrected chi connectivity index (χ3v) is 3.95. The van der Waals surface area contributed by atoms with E-state index in [-0.39, 0.29) is 5.92 Å². The smallest absolute Gasteiger partial charge is 0.337 e. The highest BCUT2D eigenvalue weighted by Crippen LogP contribution is 2.34. The lowest BCUT2D eigenvalue weighted by molar-refractivity contribution is -0.137. The zero-order valence-electron chi connectivity index (χ0n) is 12.4. The van der Waals surface area contributed by atoms with Gasteiger partial charge in [-0.05, 0) is 23.6 Å². The third-order valence-electron chi connectivity index (χ3n) is 3.95. The molecule has 1 aromatic carbocycles. The highest BCUT2D eigenvalue weighted by Gasteiger charge is 2.31. The molecule has 0 bridgehead atoms. The van der Waals surface area contributed by atoms with Crippen LogP contribution in [0.2, 0.25) is 0 Å². The molecule has 0 saturated heterocycles. The topological polar surface area (TPSA) is 74.0 Å². The molecule has 8 heteroatoms. The van der Waals surface area contributed by atoms with Gasteiger partial charge in [-0.15, -0.1) is 0 Å². The number of nitrogens with one attached hydrogen (secondary N) is 3. The molecule has 2 aromatic rings. The third kappa shape index (κ3) is 3.27. The van der Waals surface area contributed by atoms with Gasteiger partial charge in [-0.2, -0.15) is 13.2 Å². The number of carbonyl (C=O) groups excluding carboxylic acids is 1. The van der Waals surface area contributed by atoms with E-state index in [2.05, 4.69) is 10.6 Å². The highest BCUT2D eigenvalue weighted by molar-refractivity contribution is 5.89. The normalized spacial score (nSPS) is 16.0. The molecule has 0 spiro atoms. The Bertz CT molecular complexity index is 830. The summed E-state index contributed by atoms with van der Waals surface area (Å²) < 4.78 is 37.9. The number of H-pyrrole nitrogens is 1. The zero-order valence-corrected chi connectivity index (χ0v) is 12.4. The molecule has 1 aliphatic rings. The van der Waals surface area contributed by atoms with Crippen molar-refractivity contribution in [3.63, 3.8) is 0 Å². The maximum Gasteiger partial charge on any atom is 0.417 e. The number of halogens is 3. The summed E-state index contributed by atoms with van der Waals surface area (Å²) in [5.74, 6) is 0.173. The summed E-state index contributed by atoms with van der Waals surface area (Å²) in [5.41, 5.74) is 0.0857. The number of aromatic nitrogens is 1. The van der Waals surface area contributed by atoms with Gasteiger partial charge in [0.15, 0.2) is 0 Å². The van der Waals surface area contributed by atoms with E-state index in [1.807, 2.05) is 29.2 Å².